The fourth-order valence-corrected chi connectivity index (χ4v) is 1.95. The molecular formula is C13H14F3NO3S. The van der Waals surface area contributed by atoms with Crippen molar-refractivity contribution in [2.75, 3.05) is 11.9 Å². The van der Waals surface area contributed by atoms with E-state index in [1.165, 1.54) is 24.3 Å². The Kier molecular flexibility index (Phi) is 6.54. The summed E-state index contributed by atoms with van der Waals surface area (Å²) in [6.07, 6.45) is -0.0838. The molecule has 0 unspecified atom stereocenters. The number of hydrogen-bond acceptors (Lipinski definition) is 4. The van der Waals surface area contributed by atoms with Gasteiger partial charge in [-0.25, -0.2) is 0 Å². The zero-order valence-corrected chi connectivity index (χ0v) is 12.0. The Balaban J connectivity index is 2.44. The average Bonchev–Trinajstić information content (AvgIpc) is 2.37. The fourth-order valence-electron chi connectivity index (χ4n) is 1.41. The maximum Gasteiger partial charge on any atom is 0.446 e. The van der Waals surface area contributed by atoms with Crippen LogP contribution in [0.5, 0.6) is 0 Å². The number of ether oxygens (including phenoxy) is 1. The summed E-state index contributed by atoms with van der Waals surface area (Å²) in [5.74, 6) is -0.871. The van der Waals surface area contributed by atoms with E-state index < -0.39 is 17.4 Å². The van der Waals surface area contributed by atoms with E-state index in [1.807, 2.05) is 0 Å². The first-order chi connectivity index (χ1) is 9.80. The summed E-state index contributed by atoms with van der Waals surface area (Å²) in [5, 5.41) is 2.49. The summed E-state index contributed by atoms with van der Waals surface area (Å²) in [7, 11) is 0. The van der Waals surface area contributed by atoms with Crippen LogP contribution < -0.4 is 5.32 Å². The van der Waals surface area contributed by atoms with Gasteiger partial charge in [0.1, 0.15) is 0 Å². The number of benzene rings is 1. The van der Waals surface area contributed by atoms with E-state index in [0.29, 0.717) is 5.69 Å². The van der Waals surface area contributed by atoms with Crippen LogP contribution in [-0.4, -0.2) is 24.0 Å². The normalized spacial score (nSPS) is 11.0. The molecule has 0 spiro atoms. The molecule has 1 rings (SSSR count). The second-order valence-corrected chi connectivity index (χ2v) is 5.06. The molecule has 0 aromatic heterocycles. The first-order valence-corrected chi connectivity index (χ1v) is 6.93. The van der Waals surface area contributed by atoms with Crippen molar-refractivity contribution in [3.05, 3.63) is 24.3 Å². The van der Waals surface area contributed by atoms with Crippen molar-refractivity contribution in [1.82, 2.24) is 0 Å². The van der Waals surface area contributed by atoms with Crippen LogP contribution in [-0.2, 0) is 14.3 Å². The number of esters is 1. The minimum absolute atomic E-state index is 0.0343. The molecule has 0 bridgehead atoms. The summed E-state index contributed by atoms with van der Waals surface area (Å²) in [6.45, 7) is 1.91. The number of rotatable bonds is 6. The number of nitrogens with one attached hydrogen (secondary N) is 1. The minimum atomic E-state index is -4.34. The predicted molar refractivity (Wildman–Crippen MR) is 72.9 cm³/mol. The van der Waals surface area contributed by atoms with Gasteiger partial charge < -0.3 is 10.1 Å². The van der Waals surface area contributed by atoms with E-state index >= 15 is 0 Å². The summed E-state index contributed by atoms with van der Waals surface area (Å²) in [4.78, 5) is 22.6. The highest BCUT2D eigenvalue weighted by Gasteiger charge is 2.29. The van der Waals surface area contributed by atoms with E-state index in [-0.39, 0.29) is 36.1 Å². The standard InChI is InChI=1S/C13H14F3NO3S/c1-2-20-12(19)8-7-11(18)17-9-3-5-10(6-4-9)21-13(14,15)16/h3-6H,2,7-8H2,1H3,(H,17,18). The van der Waals surface area contributed by atoms with Gasteiger partial charge in [-0.15, -0.1) is 0 Å². The molecule has 116 valence electrons. The second kappa shape index (κ2) is 7.92. The molecule has 1 N–H and O–H groups in total. The minimum Gasteiger partial charge on any atom is -0.466 e. The molecule has 21 heavy (non-hydrogen) atoms. The number of halogens is 3. The Morgan fingerprint density at radius 1 is 1.19 bits per heavy atom. The number of carbonyl (C=O) groups excluding carboxylic acids is 2. The smallest absolute Gasteiger partial charge is 0.446 e. The monoisotopic (exact) mass is 321 g/mol. The Hall–Kier alpha value is -1.70. The van der Waals surface area contributed by atoms with Crippen molar-refractivity contribution >= 4 is 29.3 Å². The lowest BCUT2D eigenvalue weighted by atomic mass is 10.2. The van der Waals surface area contributed by atoms with Crippen LogP contribution in [0, 0.1) is 0 Å². The van der Waals surface area contributed by atoms with E-state index in [4.69, 9.17) is 0 Å². The van der Waals surface area contributed by atoms with Gasteiger partial charge in [0, 0.05) is 17.0 Å². The predicted octanol–water partition coefficient (Wildman–Crippen LogP) is 3.58. The highest BCUT2D eigenvalue weighted by molar-refractivity contribution is 8.00. The van der Waals surface area contributed by atoms with Crippen LogP contribution in [0.15, 0.2) is 29.2 Å². The molecule has 1 amide bonds. The van der Waals surface area contributed by atoms with Crippen molar-refractivity contribution < 1.29 is 27.5 Å². The summed E-state index contributed by atoms with van der Waals surface area (Å²) >= 11 is -0.226. The Bertz CT molecular complexity index is 488. The number of amides is 1. The van der Waals surface area contributed by atoms with Gasteiger partial charge >= 0.3 is 11.5 Å². The summed E-state index contributed by atoms with van der Waals surface area (Å²) in [5.41, 5.74) is -3.97. The molecule has 1 aromatic carbocycles. The van der Waals surface area contributed by atoms with Gasteiger partial charge in [0.25, 0.3) is 0 Å². The highest BCUT2D eigenvalue weighted by atomic mass is 32.2. The lowest BCUT2D eigenvalue weighted by Crippen LogP contribution is -2.14. The zero-order valence-electron chi connectivity index (χ0n) is 11.2. The average molecular weight is 321 g/mol. The third-order valence-electron chi connectivity index (χ3n) is 2.23. The van der Waals surface area contributed by atoms with Gasteiger partial charge in [0.05, 0.1) is 13.0 Å². The van der Waals surface area contributed by atoms with Crippen LogP contribution >= 0.6 is 11.8 Å². The SMILES string of the molecule is CCOC(=O)CCC(=O)Nc1ccc(SC(F)(F)F)cc1. The van der Waals surface area contributed by atoms with Crippen LogP contribution in [0.1, 0.15) is 19.8 Å². The molecule has 4 nitrogen and oxygen atoms in total. The molecule has 0 saturated carbocycles. The number of alkyl halides is 3. The van der Waals surface area contributed by atoms with Crippen molar-refractivity contribution in [2.45, 2.75) is 30.2 Å². The molecule has 0 aliphatic rings. The number of carbonyl (C=O) groups is 2. The molecule has 0 fully saturated rings. The van der Waals surface area contributed by atoms with Gasteiger partial charge in [0.2, 0.25) is 5.91 Å². The van der Waals surface area contributed by atoms with Gasteiger partial charge in [-0.3, -0.25) is 9.59 Å². The zero-order chi connectivity index (χ0) is 15.9. The Morgan fingerprint density at radius 3 is 2.33 bits per heavy atom. The van der Waals surface area contributed by atoms with Crippen molar-refractivity contribution in [2.24, 2.45) is 0 Å². The topological polar surface area (TPSA) is 55.4 Å². The quantitative estimate of drug-likeness (QED) is 0.643. The second-order valence-electron chi connectivity index (χ2n) is 3.93. The molecule has 0 heterocycles. The third kappa shape index (κ3) is 7.60. The lowest BCUT2D eigenvalue weighted by molar-refractivity contribution is -0.144. The maximum absolute atomic E-state index is 12.1. The largest absolute Gasteiger partial charge is 0.466 e. The Labute approximate surface area is 124 Å². The third-order valence-corrected chi connectivity index (χ3v) is 2.97. The molecule has 0 aliphatic carbocycles. The highest BCUT2D eigenvalue weighted by Crippen LogP contribution is 2.36. The maximum atomic E-state index is 12.1. The van der Waals surface area contributed by atoms with Crippen LogP contribution in [0.4, 0.5) is 18.9 Å². The van der Waals surface area contributed by atoms with Crippen LogP contribution in [0.25, 0.3) is 0 Å². The van der Waals surface area contributed by atoms with Crippen LogP contribution in [0.3, 0.4) is 0 Å². The molecule has 0 atom stereocenters. The van der Waals surface area contributed by atoms with E-state index in [0.717, 1.165) is 0 Å². The lowest BCUT2D eigenvalue weighted by Gasteiger charge is -2.08. The van der Waals surface area contributed by atoms with E-state index in [2.05, 4.69) is 10.1 Å². The molecule has 1 aromatic rings. The van der Waals surface area contributed by atoms with Crippen molar-refractivity contribution in [1.29, 1.82) is 0 Å². The Morgan fingerprint density at radius 2 is 1.81 bits per heavy atom. The first kappa shape index (κ1) is 17.4. The van der Waals surface area contributed by atoms with Crippen LogP contribution in [0.2, 0.25) is 0 Å². The van der Waals surface area contributed by atoms with Crippen molar-refractivity contribution in [3.63, 3.8) is 0 Å². The molecule has 8 heteroatoms. The fraction of sp³-hybridized carbons (Fsp3) is 0.385. The summed E-state index contributed by atoms with van der Waals surface area (Å²) in [6, 6.07) is 5.27. The van der Waals surface area contributed by atoms with Gasteiger partial charge in [-0.05, 0) is 43.0 Å². The van der Waals surface area contributed by atoms with E-state index in [1.54, 1.807) is 6.92 Å². The number of hydrogen-bond donors (Lipinski definition) is 1. The number of thioether (sulfide) groups is 1. The van der Waals surface area contributed by atoms with Gasteiger partial charge in [0.15, 0.2) is 0 Å². The first-order valence-electron chi connectivity index (χ1n) is 6.11. The number of anilines is 1. The van der Waals surface area contributed by atoms with E-state index in [9.17, 15) is 22.8 Å². The van der Waals surface area contributed by atoms with Gasteiger partial charge in [-0.1, -0.05) is 0 Å². The molecule has 0 aliphatic heterocycles. The van der Waals surface area contributed by atoms with Gasteiger partial charge in [-0.2, -0.15) is 13.2 Å². The molecule has 0 radical (unpaired) electrons. The summed E-state index contributed by atoms with van der Waals surface area (Å²) < 4.78 is 41.1. The molecule has 0 saturated heterocycles. The van der Waals surface area contributed by atoms with Crippen molar-refractivity contribution in [3.8, 4) is 0 Å². The molecular weight excluding hydrogens is 307 g/mol.